The van der Waals surface area contributed by atoms with Crippen LogP contribution in [0.25, 0.3) is 11.3 Å². The van der Waals surface area contributed by atoms with Crippen molar-refractivity contribution in [2.75, 3.05) is 0 Å². The van der Waals surface area contributed by atoms with E-state index in [0.717, 1.165) is 11.3 Å². The van der Waals surface area contributed by atoms with E-state index < -0.39 is 0 Å². The minimum absolute atomic E-state index is 0.164. The van der Waals surface area contributed by atoms with E-state index in [9.17, 15) is 4.79 Å². The normalized spacial score (nSPS) is 10.2. The van der Waals surface area contributed by atoms with Crippen molar-refractivity contribution in [3.8, 4) is 11.3 Å². The first-order chi connectivity index (χ1) is 9.84. The van der Waals surface area contributed by atoms with Crippen LogP contribution in [-0.4, -0.2) is 15.8 Å². The Labute approximate surface area is 117 Å². The zero-order chi connectivity index (χ0) is 13.8. The molecular weight excluding hydrogens is 248 g/mol. The van der Waals surface area contributed by atoms with Crippen molar-refractivity contribution in [1.82, 2.24) is 9.97 Å². The predicted molar refractivity (Wildman–Crippen MR) is 77.3 cm³/mol. The molecule has 2 aromatic heterocycles. The van der Waals surface area contributed by atoms with Crippen molar-refractivity contribution in [2.24, 2.45) is 0 Å². The molecule has 0 atom stereocenters. The molecule has 0 N–H and O–H groups in total. The predicted octanol–water partition coefficient (Wildman–Crippen LogP) is 3.37. The molecule has 0 fully saturated rings. The lowest BCUT2D eigenvalue weighted by Gasteiger charge is -2.03. The second-order valence-electron chi connectivity index (χ2n) is 4.32. The summed E-state index contributed by atoms with van der Waals surface area (Å²) in [5.41, 5.74) is 2.59. The van der Waals surface area contributed by atoms with Crippen molar-refractivity contribution in [2.45, 2.75) is 0 Å². The third kappa shape index (κ3) is 2.47. The average molecular weight is 260 g/mol. The molecule has 3 nitrogen and oxygen atoms in total. The molecular formula is C17H12N2O. The number of carbonyl (C=O) groups is 1. The van der Waals surface area contributed by atoms with Crippen LogP contribution in [0.2, 0.25) is 0 Å². The third-order valence-corrected chi connectivity index (χ3v) is 2.95. The number of hydrogen-bond acceptors (Lipinski definition) is 3. The molecule has 0 amide bonds. The number of rotatable bonds is 3. The molecule has 3 aromatic rings. The van der Waals surface area contributed by atoms with Crippen LogP contribution in [0.5, 0.6) is 0 Å². The fraction of sp³-hybridized carbons (Fsp3) is 0. The summed E-state index contributed by atoms with van der Waals surface area (Å²) >= 11 is 0. The SMILES string of the molecule is O=C(c1ccccn1)c1cccc(-c2ccccc2)n1. The second kappa shape index (κ2) is 5.45. The Bertz CT molecular complexity index is 724. The highest BCUT2D eigenvalue weighted by molar-refractivity contribution is 6.06. The number of nitrogens with zero attached hydrogens (tertiary/aromatic N) is 2. The van der Waals surface area contributed by atoms with Gasteiger partial charge in [-0.2, -0.15) is 0 Å². The van der Waals surface area contributed by atoms with Gasteiger partial charge in [0.1, 0.15) is 11.4 Å². The van der Waals surface area contributed by atoms with Gasteiger partial charge in [0.2, 0.25) is 5.78 Å². The molecule has 0 radical (unpaired) electrons. The molecule has 0 bridgehead atoms. The smallest absolute Gasteiger partial charge is 0.229 e. The maximum atomic E-state index is 12.3. The van der Waals surface area contributed by atoms with E-state index in [0.29, 0.717) is 11.4 Å². The zero-order valence-electron chi connectivity index (χ0n) is 10.7. The molecule has 2 heterocycles. The number of benzene rings is 1. The average Bonchev–Trinajstić information content (AvgIpc) is 2.56. The summed E-state index contributed by atoms with van der Waals surface area (Å²) in [7, 11) is 0. The largest absolute Gasteiger partial charge is 0.285 e. The van der Waals surface area contributed by atoms with Gasteiger partial charge in [0, 0.05) is 11.8 Å². The number of pyridine rings is 2. The molecule has 0 saturated carbocycles. The Balaban J connectivity index is 1.98. The molecule has 1 aromatic carbocycles. The van der Waals surface area contributed by atoms with Gasteiger partial charge in [0.25, 0.3) is 0 Å². The summed E-state index contributed by atoms with van der Waals surface area (Å²) in [6.45, 7) is 0. The third-order valence-electron chi connectivity index (χ3n) is 2.95. The Morgan fingerprint density at radius 2 is 1.50 bits per heavy atom. The Hall–Kier alpha value is -2.81. The number of ketones is 1. The van der Waals surface area contributed by atoms with Crippen LogP contribution in [0.4, 0.5) is 0 Å². The Kier molecular flexibility index (Phi) is 3.33. The minimum atomic E-state index is -0.164. The molecule has 3 heteroatoms. The fourth-order valence-corrected chi connectivity index (χ4v) is 1.96. The van der Waals surface area contributed by atoms with E-state index in [2.05, 4.69) is 9.97 Å². The first-order valence-corrected chi connectivity index (χ1v) is 6.33. The summed E-state index contributed by atoms with van der Waals surface area (Å²) in [5, 5.41) is 0. The lowest BCUT2D eigenvalue weighted by atomic mass is 10.1. The van der Waals surface area contributed by atoms with Gasteiger partial charge in [-0.1, -0.05) is 42.5 Å². The molecule has 0 unspecified atom stereocenters. The first kappa shape index (κ1) is 12.2. The highest BCUT2D eigenvalue weighted by Gasteiger charge is 2.12. The van der Waals surface area contributed by atoms with Crippen LogP contribution in [0.1, 0.15) is 16.2 Å². The van der Waals surface area contributed by atoms with Crippen LogP contribution in [0.3, 0.4) is 0 Å². The molecule has 0 saturated heterocycles. The van der Waals surface area contributed by atoms with E-state index in [1.54, 1.807) is 30.5 Å². The summed E-state index contributed by atoms with van der Waals surface area (Å²) in [6.07, 6.45) is 1.61. The van der Waals surface area contributed by atoms with Gasteiger partial charge in [-0.05, 0) is 24.3 Å². The molecule has 3 rings (SSSR count). The summed E-state index contributed by atoms with van der Waals surface area (Å²) in [4.78, 5) is 20.8. The number of carbonyl (C=O) groups excluding carboxylic acids is 1. The standard InChI is InChI=1S/C17H12N2O/c20-17(15-9-4-5-12-18-15)16-11-6-10-14(19-16)13-7-2-1-3-8-13/h1-12H. The van der Waals surface area contributed by atoms with Crippen LogP contribution >= 0.6 is 0 Å². The second-order valence-corrected chi connectivity index (χ2v) is 4.32. The van der Waals surface area contributed by atoms with Crippen molar-refractivity contribution in [3.63, 3.8) is 0 Å². The van der Waals surface area contributed by atoms with Crippen LogP contribution in [0, 0.1) is 0 Å². The van der Waals surface area contributed by atoms with Crippen LogP contribution in [-0.2, 0) is 0 Å². The van der Waals surface area contributed by atoms with E-state index >= 15 is 0 Å². The van der Waals surface area contributed by atoms with Crippen molar-refractivity contribution < 1.29 is 4.79 Å². The van der Waals surface area contributed by atoms with E-state index in [-0.39, 0.29) is 5.78 Å². The monoisotopic (exact) mass is 260 g/mol. The Morgan fingerprint density at radius 3 is 2.25 bits per heavy atom. The highest BCUT2D eigenvalue weighted by atomic mass is 16.1. The van der Waals surface area contributed by atoms with E-state index in [4.69, 9.17) is 0 Å². The molecule has 96 valence electrons. The van der Waals surface area contributed by atoms with Gasteiger partial charge in [0.05, 0.1) is 5.69 Å². The van der Waals surface area contributed by atoms with Gasteiger partial charge < -0.3 is 0 Å². The summed E-state index contributed by atoms with van der Waals surface area (Å²) < 4.78 is 0. The highest BCUT2D eigenvalue weighted by Crippen LogP contribution is 2.17. The summed E-state index contributed by atoms with van der Waals surface area (Å²) in [5.74, 6) is -0.164. The quantitative estimate of drug-likeness (QED) is 0.678. The van der Waals surface area contributed by atoms with Crippen LogP contribution < -0.4 is 0 Å². The van der Waals surface area contributed by atoms with Crippen molar-refractivity contribution >= 4 is 5.78 Å². The van der Waals surface area contributed by atoms with Gasteiger partial charge in [-0.3, -0.25) is 9.78 Å². The number of hydrogen-bond donors (Lipinski definition) is 0. The molecule has 0 aliphatic rings. The summed E-state index contributed by atoms with van der Waals surface area (Å²) in [6, 6.07) is 20.5. The van der Waals surface area contributed by atoms with Gasteiger partial charge in [-0.15, -0.1) is 0 Å². The first-order valence-electron chi connectivity index (χ1n) is 6.33. The van der Waals surface area contributed by atoms with Gasteiger partial charge >= 0.3 is 0 Å². The maximum Gasteiger partial charge on any atom is 0.229 e. The lowest BCUT2D eigenvalue weighted by Crippen LogP contribution is -2.06. The lowest BCUT2D eigenvalue weighted by molar-refractivity contribution is 0.103. The van der Waals surface area contributed by atoms with Crippen molar-refractivity contribution in [1.29, 1.82) is 0 Å². The minimum Gasteiger partial charge on any atom is -0.285 e. The molecule has 0 aliphatic heterocycles. The van der Waals surface area contributed by atoms with E-state index in [1.807, 2.05) is 42.5 Å². The van der Waals surface area contributed by atoms with Crippen LogP contribution in [0.15, 0.2) is 72.9 Å². The maximum absolute atomic E-state index is 12.3. The molecule has 20 heavy (non-hydrogen) atoms. The zero-order valence-corrected chi connectivity index (χ0v) is 10.7. The fourth-order valence-electron chi connectivity index (χ4n) is 1.96. The van der Waals surface area contributed by atoms with Gasteiger partial charge in [0.15, 0.2) is 0 Å². The topological polar surface area (TPSA) is 42.9 Å². The van der Waals surface area contributed by atoms with E-state index in [1.165, 1.54) is 0 Å². The molecule has 0 spiro atoms. The molecule has 0 aliphatic carbocycles. The number of aromatic nitrogens is 2. The van der Waals surface area contributed by atoms with Gasteiger partial charge in [-0.25, -0.2) is 4.98 Å². The Morgan fingerprint density at radius 1 is 0.750 bits per heavy atom. The van der Waals surface area contributed by atoms with Crippen molar-refractivity contribution in [3.05, 3.63) is 84.3 Å².